The molecular formula is C26H27ClN2O2. The minimum atomic E-state index is 0.443. The lowest BCUT2D eigenvalue weighted by Gasteiger charge is -2.11. The van der Waals surface area contributed by atoms with E-state index < -0.39 is 0 Å². The van der Waals surface area contributed by atoms with Crippen molar-refractivity contribution in [3.63, 3.8) is 0 Å². The maximum Gasteiger partial charge on any atom is 0.147 e. The lowest BCUT2D eigenvalue weighted by Crippen LogP contribution is -2.09. The van der Waals surface area contributed by atoms with Crippen molar-refractivity contribution in [1.29, 1.82) is 0 Å². The van der Waals surface area contributed by atoms with Gasteiger partial charge < -0.3 is 14.0 Å². The van der Waals surface area contributed by atoms with E-state index in [1.807, 2.05) is 49.4 Å². The maximum atomic E-state index is 6.08. The largest absolute Gasteiger partial charge is 0.494 e. The van der Waals surface area contributed by atoms with Crippen LogP contribution in [0.1, 0.15) is 29.8 Å². The summed E-state index contributed by atoms with van der Waals surface area (Å²) in [6, 6.07) is 22.1. The lowest BCUT2D eigenvalue weighted by atomic mass is 10.2. The Morgan fingerprint density at radius 2 is 1.65 bits per heavy atom. The molecule has 0 amide bonds. The van der Waals surface area contributed by atoms with Gasteiger partial charge in [-0.1, -0.05) is 41.4 Å². The van der Waals surface area contributed by atoms with E-state index >= 15 is 0 Å². The Bertz CT molecular complexity index is 1150. The van der Waals surface area contributed by atoms with Crippen LogP contribution < -0.4 is 9.47 Å². The summed E-state index contributed by atoms with van der Waals surface area (Å²) in [4.78, 5) is 4.80. The van der Waals surface area contributed by atoms with Crippen LogP contribution in [-0.2, 0) is 13.2 Å². The molecule has 160 valence electrons. The number of imidazole rings is 1. The second kappa shape index (κ2) is 9.88. The summed E-state index contributed by atoms with van der Waals surface area (Å²) in [5.41, 5.74) is 4.38. The van der Waals surface area contributed by atoms with Crippen molar-refractivity contribution in [2.45, 2.75) is 39.8 Å². The van der Waals surface area contributed by atoms with Gasteiger partial charge >= 0.3 is 0 Å². The van der Waals surface area contributed by atoms with Crippen LogP contribution in [0, 0.1) is 13.8 Å². The highest BCUT2D eigenvalue weighted by Gasteiger charge is 2.11. The van der Waals surface area contributed by atoms with Crippen LogP contribution in [0.15, 0.2) is 66.7 Å². The Kier molecular flexibility index (Phi) is 6.78. The predicted molar refractivity (Wildman–Crippen MR) is 126 cm³/mol. The molecule has 4 nitrogen and oxygen atoms in total. The fourth-order valence-corrected chi connectivity index (χ4v) is 3.65. The molecular weight excluding hydrogens is 408 g/mol. The minimum absolute atomic E-state index is 0.443. The van der Waals surface area contributed by atoms with Crippen LogP contribution in [-0.4, -0.2) is 16.2 Å². The van der Waals surface area contributed by atoms with Crippen molar-refractivity contribution in [2.75, 3.05) is 6.61 Å². The first-order valence-electron chi connectivity index (χ1n) is 10.6. The van der Waals surface area contributed by atoms with Crippen LogP contribution in [0.25, 0.3) is 11.0 Å². The molecule has 0 N–H and O–H groups in total. The molecule has 1 heterocycles. The fourth-order valence-electron chi connectivity index (χ4n) is 3.54. The highest BCUT2D eigenvalue weighted by atomic mass is 35.5. The molecule has 3 aromatic carbocycles. The summed E-state index contributed by atoms with van der Waals surface area (Å²) in [5, 5.41) is 0.764. The van der Waals surface area contributed by atoms with Gasteiger partial charge in [-0.3, -0.25) is 0 Å². The van der Waals surface area contributed by atoms with E-state index in [9.17, 15) is 0 Å². The Morgan fingerprint density at radius 1 is 0.871 bits per heavy atom. The number of fused-ring (bicyclic) bond motifs is 1. The molecule has 31 heavy (non-hydrogen) atoms. The zero-order valence-corrected chi connectivity index (χ0v) is 18.7. The summed E-state index contributed by atoms with van der Waals surface area (Å²) in [6.45, 7) is 6.04. The van der Waals surface area contributed by atoms with Crippen molar-refractivity contribution in [1.82, 2.24) is 9.55 Å². The van der Waals surface area contributed by atoms with Gasteiger partial charge in [0.1, 0.15) is 23.9 Å². The van der Waals surface area contributed by atoms with Crippen molar-refractivity contribution in [3.8, 4) is 11.5 Å². The molecule has 0 radical (unpaired) electrons. The third kappa shape index (κ3) is 5.39. The smallest absolute Gasteiger partial charge is 0.147 e. The molecule has 0 aliphatic heterocycles. The predicted octanol–water partition coefficient (Wildman–Crippen LogP) is 6.74. The molecule has 0 atom stereocenters. The number of aromatic nitrogens is 2. The highest BCUT2D eigenvalue weighted by molar-refractivity contribution is 6.31. The first-order chi connectivity index (χ1) is 15.1. The number of ether oxygens (including phenoxy) is 2. The molecule has 0 spiro atoms. The number of nitrogens with zero attached hydrogens (tertiary/aromatic N) is 2. The van der Waals surface area contributed by atoms with Gasteiger partial charge in [0, 0.05) is 11.6 Å². The molecule has 4 rings (SSSR count). The van der Waals surface area contributed by atoms with Crippen molar-refractivity contribution in [2.24, 2.45) is 0 Å². The Balaban J connectivity index is 1.37. The SMILES string of the molecule is Cc1ccc(OCc2nc3ccccc3n2CCCCOc2ccc(Cl)c(C)c2)cc1. The Morgan fingerprint density at radius 3 is 2.45 bits per heavy atom. The summed E-state index contributed by atoms with van der Waals surface area (Å²) in [7, 11) is 0. The van der Waals surface area contributed by atoms with Gasteiger partial charge in [0.05, 0.1) is 17.6 Å². The molecule has 0 saturated heterocycles. The standard InChI is InChI=1S/C26H27ClN2O2/c1-19-9-11-21(12-10-19)31-18-26-28-24-7-3-4-8-25(24)29(26)15-5-6-16-30-22-13-14-23(27)20(2)17-22/h3-4,7-14,17H,5-6,15-16,18H2,1-2H3. The molecule has 0 fully saturated rings. The second-order valence-corrected chi connectivity index (χ2v) is 8.14. The van der Waals surface area contributed by atoms with Crippen LogP contribution in [0.5, 0.6) is 11.5 Å². The fraction of sp³-hybridized carbons (Fsp3) is 0.269. The monoisotopic (exact) mass is 434 g/mol. The average molecular weight is 435 g/mol. The zero-order chi connectivity index (χ0) is 21.6. The third-order valence-electron chi connectivity index (χ3n) is 5.30. The molecule has 4 aromatic rings. The topological polar surface area (TPSA) is 36.3 Å². The third-order valence-corrected chi connectivity index (χ3v) is 5.72. The van der Waals surface area contributed by atoms with Gasteiger partial charge in [0.15, 0.2) is 0 Å². The number of aryl methyl sites for hydroxylation is 3. The van der Waals surface area contributed by atoms with Crippen LogP contribution in [0.4, 0.5) is 0 Å². The number of para-hydroxylation sites is 2. The van der Waals surface area contributed by atoms with Gasteiger partial charge in [0.25, 0.3) is 0 Å². The average Bonchev–Trinajstić information content (AvgIpc) is 3.13. The van der Waals surface area contributed by atoms with Gasteiger partial charge in [-0.15, -0.1) is 0 Å². The van der Waals surface area contributed by atoms with E-state index in [0.717, 1.165) is 58.3 Å². The van der Waals surface area contributed by atoms with E-state index in [1.165, 1.54) is 5.56 Å². The summed E-state index contributed by atoms with van der Waals surface area (Å²) >= 11 is 6.08. The normalized spacial score (nSPS) is 11.1. The van der Waals surface area contributed by atoms with Crippen molar-refractivity contribution >= 4 is 22.6 Å². The number of hydrogen-bond donors (Lipinski definition) is 0. The first-order valence-corrected chi connectivity index (χ1v) is 11.0. The van der Waals surface area contributed by atoms with Gasteiger partial charge in [-0.25, -0.2) is 4.98 Å². The van der Waals surface area contributed by atoms with Crippen LogP contribution in [0.3, 0.4) is 0 Å². The van der Waals surface area contributed by atoms with Gasteiger partial charge in [-0.05, 0) is 74.7 Å². The number of unbranched alkanes of at least 4 members (excludes halogenated alkanes) is 1. The maximum absolute atomic E-state index is 6.08. The molecule has 0 aliphatic rings. The van der Waals surface area contributed by atoms with Gasteiger partial charge in [0.2, 0.25) is 0 Å². The van der Waals surface area contributed by atoms with E-state index in [2.05, 4.69) is 35.8 Å². The number of hydrogen-bond acceptors (Lipinski definition) is 3. The molecule has 0 saturated carbocycles. The molecule has 0 aliphatic carbocycles. The van der Waals surface area contributed by atoms with E-state index in [-0.39, 0.29) is 0 Å². The Labute approximate surface area is 188 Å². The summed E-state index contributed by atoms with van der Waals surface area (Å²) in [5.74, 6) is 2.66. The van der Waals surface area contributed by atoms with Crippen molar-refractivity contribution in [3.05, 3.63) is 88.7 Å². The molecule has 0 bridgehead atoms. The minimum Gasteiger partial charge on any atom is -0.494 e. The second-order valence-electron chi connectivity index (χ2n) is 7.74. The zero-order valence-electron chi connectivity index (χ0n) is 18.0. The number of halogens is 1. The van der Waals surface area contributed by atoms with E-state index in [4.69, 9.17) is 26.1 Å². The summed E-state index contributed by atoms with van der Waals surface area (Å²) in [6.07, 6.45) is 1.94. The molecule has 1 aromatic heterocycles. The van der Waals surface area contributed by atoms with E-state index in [0.29, 0.717) is 13.2 Å². The highest BCUT2D eigenvalue weighted by Crippen LogP contribution is 2.22. The van der Waals surface area contributed by atoms with E-state index in [1.54, 1.807) is 0 Å². The Hall–Kier alpha value is -2.98. The van der Waals surface area contributed by atoms with Crippen LogP contribution in [0.2, 0.25) is 5.02 Å². The number of rotatable bonds is 9. The quantitative estimate of drug-likeness (QED) is 0.273. The molecule has 0 unspecified atom stereocenters. The number of benzene rings is 3. The molecule has 5 heteroatoms. The summed E-state index contributed by atoms with van der Waals surface area (Å²) < 4.78 is 14.2. The first kappa shape index (κ1) is 21.3. The van der Waals surface area contributed by atoms with Gasteiger partial charge in [-0.2, -0.15) is 0 Å². The van der Waals surface area contributed by atoms with Crippen molar-refractivity contribution < 1.29 is 9.47 Å². The lowest BCUT2D eigenvalue weighted by molar-refractivity contribution is 0.285. The van der Waals surface area contributed by atoms with Crippen LogP contribution >= 0.6 is 11.6 Å².